The minimum atomic E-state index is 0.0243. The lowest BCUT2D eigenvalue weighted by atomic mass is 9.84. The number of nitrogens with two attached hydrogens (primary N) is 1. The number of rotatable bonds is 2. The second kappa shape index (κ2) is 3.02. The zero-order chi connectivity index (χ0) is 7.45. The van der Waals surface area contributed by atoms with Crippen LogP contribution in [-0.4, -0.2) is 5.54 Å². The smallest absolute Gasteiger partial charge is 0.0226 e. The molecule has 10 heavy (non-hydrogen) atoms. The summed E-state index contributed by atoms with van der Waals surface area (Å²) in [6.07, 6.45) is 10.5. The van der Waals surface area contributed by atoms with Crippen LogP contribution in [0.1, 0.15) is 25.7 Å². The number of hydrogen-bond acceptors (Lipinski definition) is 1. The fourth-order valence-corrected chi connectivity index (χ4v) is 1.38. The van der Waals surface area contributed by atoms with Crippen molar-refractivity contribution in [2.24, 2.45) is 5.73 Å². The molecule has 0 saturated carbocycles. The van der Waals surface area contributed by atoms with Crippen molar-refractivity contribution in [1.82, 2.24) is 0 Å². The van der Waals surface area contributed by atoms with Crippen molar-refractivity contribution in [3.63, 3.8) is 0 Å². The van der Waals surface area contributed by atoms with Crippen molar-refractivity contribution in [3.8, 4) is 0 Å². The molecule has 0 fully saturated rings. The van der Waals surface area contributed by atoms with Crippen LogP contribution in [0.5, 0.6) is 0 Å². The first-order chi connectivity index (χ1) is 4.77. The second-order valence-corrected chi connectivity index (χ2v) is 3.07. The van der Waals surface area contributed by atoms with E-state index in [1.807, 2.05) is 6.08 Å². The van der Waals surface area contributed by atoms with Crippen LogP contribution in [0.4, 0.5) is 0 Å². The molecule has 1 rings (SSSR count). The van der Waals surface area contributed by atoms with Crippen molar-refractivity contribution in [3.05, 3.63) is 24.8 Å². The standard InChI is InChI=1S/C9H15N/c1-2-6-9(10)7-4-3-5-8-9/h2-4H,1,5-8,10H2. The van der Waals surface area contributed by atoms with Crippen LogP contribution in [0.15, 0.2) is 24.8 Å². The van der Waals surface area contributed by atoms with Crippen molar-refractivity contribution < 1.29 is 0 Å². The highest BCUT2D eigenvalue weighted by molar-refractivity contribution is 5.03. The third kappa shape index (κ3) is 1.71. The zero-order valence-electron chi connectivity index (χ0n) is 6.34. The van der Waals surface area contributed by atoms with E-state index >= 15 is 0 Å². The number of hydrogen-bond donors (Lipinski definition) is 1. The lowest BCUT2D eigenvalue weighted by Gasteiger charge is -2.29. The van der Waals surface area contributed by atoms with E-state index in [4.69, 9.17) is 5.73 Å². The molecule has 0 saturated heterocycles. The topological polar surface area (TPSA) is 26.0 Å². The molecule has 0 aromatic carbocycles. The Kier molecular flexibility index (Phi) is 2.28. The van der Waals surface area contributed by atoms with Crippen molar-refractivity contribution in [2.75, 3.05) is 0 Å². The molecule has 0 spiro atoms. The zero-order valence-corrected chi connectivity index (χ0v) is 6.34. The highest BCUT2D eigenvalue weighted by atomic mass is 14.7. The van der Waals surface area contributed by atoms with Gasteiger partial charge in [-0.15, -0.1) is 6.58 Å². The van der Waals surface area contributed by atoms with Gasteiger partial charge in [-0.2, -0.15) is 0 Å². The van der Waals surface area contributed by atoms with Gasteiger partial charge in [0.25, 0.3) is 0 Å². The van der Waals surface area contributed by atoms with Crippen molar-refractivity contribution in [2.45, 2.75) is 31.2 Å². The summed E-state index contributed by atoms with van der Waals surface area (Å²) in [7, 11) is 0. The van der Waals surface area contributed by atoms with Gasteiger partial charge in [-0.1, -0.05) is 18.2 Å². The average molecular weight is 137 g/mol. The molecule has 1 atom stereocenters. The predicted molar refractivity (Wildman–Crippen MR) is 44.7 cm³/mol. The Balaban J connectivity index is 2.50. The SMILES string of the molecule is C=CCC1(N)CC=CCC1. The molecule has 0 radical (unpaired) electrons. The Hall–Kier alpha value is -0.560. The van der Waals surface area contributed by atoms with Crippen molar-refractivity contribution in [1.29, 1.82) is 0 Å². The summed E-state index contributed by atoms with van der Waals surface area (Å²) in [5.41, 5.74) is 6.07. The van der Waals surface area contributed by atoms with Crippen molar-refractivity contribution >= 4 is 0 Å². The van der Waals surface area contributed by atoms with Gasteiger partial charge in [0.05, 0.1) is 0 Å². The van der Waals surface area contributed by atoms with E-state index in [1.165, 1.54) is 0 Å². The summed E-state index contributed by atoms with van der Waals surface area (Å²) in [6, 6.07) is 0. The molecule has 1 aliphatic rings. The molecular weight excluding hydrogens is 122 g/mol. The highest BCUT2D eigenvalue weighted by Crippen LogP contribution is 2.23. The minimum absolute atomic E-state index is 0.0243. The van der Waals surface area contributed by atoms with Crippen LogP contribution >= 0.6 is 0 Å². The molecule has 1 aliphatic carbocycles. The van der Waals surface area contributed by atoms with E-state index in [9.17, 15) is 0 Å². The van der Waals surface area contributed by atoms with Gasteiger partial charge < -0.3 is 5.73 Å². The van der Waals surface area contributed by atoms with Crippen LogP contribution in [0, 0.1) is 0 Å². The van der Waals surface area contributed by atoms with E-state index in [0.717, 1.165) is 25.7 Å². The average Bonchev–Trinajstić information content (AvgIpc) is 1.89. The maximum Gasteiger partial charge on any atom is 0.0226 e. The lowest BCUT2D eigenvalue weighted by molar-refractivity contribution is 0.392. The van der Waals surface area contributed by atoms with Gasteiger partial charge in [0, 0.05) is 5.54 Å². The summed E-state index contributed by atoms with van der Waals surface area (Å²) in [6.45, 7) is 3.70. The molecule has 0 heterocycles. The maximum absolute atomic E-state index is 6.05. The molecule has 2 N–H and O–H groups in total. The summed E-state index contributed by atoms with van der Waals surface area (Å²) in [4.78, 5) is 0. The first-order valence-electron chi connectivity index (χ1n) is 3.82. The van der Waals surface area contributed by atoms with Crippen LogP contribution in [0.3, 0.4) is 0 Å². The Morgan fingerprint density at radius 3 is 2.90 bits per heavy atom. The summed E-state index contributed by atoms with van der Waals surface area (Å²) >= 11 is 0. The molecule has 1 nitrogen and oxygen atoms in total. The molecule has 0 bridgehead atoms. The van der Waals surface area contributed by atoms with Gasteiger partial charge in [-0.05, 0) is 25.7 Å². The van der Waals surface area contributed by atoms with E-state index < -0.39 is 0 Å². The minimum Gasteiger partial charge on any atom is -0.325 e. The van der Waals surface area contributed by atoms with Crippen LogP contribution in [0.25, 0.3) is 0 Å². The van der Waals surface area contributed by atoms with E-state index in [2.05, 4.69) is 18.7 Å². The predicted octanol–water partition coefficient (Wildman–Crippen LogP) is 2.00. The molecule has 1 unspecified atom stereocenters. The number of allylic oxidation sites excluding steroid dienone is 1. The van der Waals surface area contributed by atoms with Gasteiger partial charge in [0.1, 0.15) is 0 Å². The Bertz CT molecular complexity index is 149. The Morgan fingerprint density at radius 1 is 1.60 bits per heavy atom. The van der Waals surface area contributed by atoms with Crippen LogP contribution < -0.4 is 5.73 Å². The summed E-state index contributed by atoms with van der Waals surface area (Å²) < 4.78 is 0. The van der Waals surface area contributed by atoms with Gasteiger partial charge in [0.2, 0.25) is 0 Å². The molecule has 0 aliphatic heterocycles. The highest BCUT2D eigenvalue weighted by Gasteiger charge is 2.22. The van der Waals surface area contributed by atoms with Gasteiger partial charge in [0.15, 0.2) is 0 Å². The fourth-order valence-electron chi connectivity index (χ4n) is 1.38. The fraction of sp³-hybridized carbons (Fsp3) is 0.556. The second-order valence-electron chi connectivity index (χ2n) is 3.07. The van der Waals surface area contributed by atoms with Gasteiger partial charge in [-0.25, -0.2) is 0 Å². The largest absolute Gasteiger partial charge is 0.325 e. The molecule has 0 amide bonds. The van der Waals surface area contributed by atoms with Crippen LogP contribution in [0.2, 0.25) is 0 Å². The first kappa shape index (κ1) is 7.55. The van der Waals surface area contributed by atoms with Gasteiger partial charge >= 0.3 is 0 Å². The molecule has 1 heteroatoms. The normalized spacial score (nSPS) is 32.1. The molecule has 0 aromatic heterocycles. The molecule has 56 valence electrons. The van der Waals surface area contributed by atoms with E-state index in [-0.39, 0.29) is 5.54 Å². The summed E-state index contributed by atoms with van der Waals surface area (Å²) in [5, 5.41) is 0. The summed E-state index contributed by atoms with van der Waals surface area (Å²) in [5.74, 6) is 0. The van der Waals surface area contributed by atoms with E-state index in [0.29, 0.717) is 0 Å². The van der Waals surface area contributed by atoms with E-state index in [1.54, 1.807) is 0 Å². The third-order valence-corrected chi connectivity index (χ3v) is 2.05. The van der Waals surface area contributed by atoms with Crippen LogP contribution in [-0.2, 0) is 0 Å². The molecular formula is C9H15N. The van der Waals surface area contributed by atoms with Gasteiger partial charge in [-0.3, -0.25) is 0 Å². The quantitative estimate of drug-likeness (QED) is 0.579. The molecule has 0 aromatic rings. The third-order valence-electron chi connectivity index (χ3n) is 2.05. The maximum atomic E-state index is 6.05. The first-order valence-corrected chi connectivity index (χ1v) is 3.82. The Morgan fingerprint density at radius 2 is 2.40 bits per heavy atom. The monoisotopic (exact) mass is 137 g/mol. The lowest BCUT2D eigenvalue weighted by Crippen LogP contribution is -2.39. The Labute approximate surface area is 62.6 Å².